The van der Waals surface area contributed by atoms with Gasteiger partial charge in [-0.05, 0) is 53.7 Å². The summed E-state index contributed by atoms with van der Waals surface area (Å²) in [7, 11) is 0. The first-order valence-electron chi connectivity index (χ1n) is 13.9. The second kappa shape index (κ2) is 12.5. The molecule has 4 rings (SSSR count). The van der Waals surface area contributed by atoms with E-state index < -0.39 is 24.1 Å². The van der Waals surface area contributed by atoms with Crippen LogP contribution in [-0.4, -0.2) is 33.4 Å². The fraction of sp³-hybridized carbons (Fsp3) is 0.613. The Morgan fingerprint density at radius 2 is 1.82 bits per heavy atom. The quantitative estimate of drug-likeness (QED) is 0.403. The number of aliphatic hydroxyl groups is 2. The number of aliphatic hydroxyl groups excluding tert-OH is 2. The third kappa shape index (κ3) is 7.47. The molecule has 2 atom stereocenters. The Bertz CT molecular complexity index is 1160. The smallest absolute Gasteiger partial charge is 0.388 e. The second-order valence-electron chi connectivity index (χ2n) is 12.1. The normalized spacial score (nSPS) is 19.7. The van der Waals surface area contributed by atoms with Crippen LogP contribution in [0.2, 0.25) is 0 Å². The lowest BCUT2D eigenvalue weighted by atomic mass is 9.71. The van der Waals surface area contributed by atoms with E-state index in [0.29, 0.717) is 49.3 Å². The second-order valence-corrected chi connectivity index (χ2v) is 12.1. The minimum absolute atomic E-state index is 0.0567. The number of rotatable bonds is 5. The summed E-state index contributed by atoms with van der Waals surface area (Å²) in [4.78, 5) is 8.48. The lowest BCUT2D eigenvalue weighted by Crippen LogP contribution is -2.30. The summed E-state index contributed by atoms with van der Waals surface area (Å²) in [6.07, 6.45) is -0.390. The van der Waals surface area contributed by atoms with Crippen molar-refractivity contribution in [2.24, 2.45) is 11.3 Å². The summed E-state index contributed by atoms with van der Waals surface area (Å²) < 4.78 is 44.6. The van der Waals surface area contributed by atoms with E-state index in [4.69, 9.17) is 9.72 Å². The molecule has 39 heavy (non-hydrogen) atoms. The van der Waals surface area contributed by atoms with Crippen LogP contribution in [0.1, 0.15) is 125 Å². The SMILES string of the molecule is CC(C)c1nc2c(c(C3=CCOCC3)c1C(O)c1ccc(C(F)(F)F)nc1)C(O)CC(C)(C)C2.CCC(C)C. The Morgan fingerprint density at radius 1 is 1.15 bits per heavy atom. The molecule has 0 aromatic carbocycles. The number of fused-ring (bicyclic) bond motifs is 1. The van der Waals surface area contributed by atoms with Gasteiger partial charge in [0.2, 0.25) is 0 Å². The maximum Gasteiger partial charge on any atom is 0.433 e. The van der Waals surface area contributed by atoms with Crippen LogP contribution in [0.15, 0.2) is 24.4 Å². The molecule has 2 aromatic heterocycles. The summed E-state index contributed by atoms with van der Waals surface area (Å²) >= 11 is 0. The Labute approximate surface area is 230 Å². The van der Waals surface area contributed by atoms with Crippen LogP contribution in [0.3, 0.4) is 0 Å². The van der Waals surface area contributed by atoms with Gasteiger partial charge in [-0.15, -0.1) is 0 Å². The monoisotopic (exact) mass is 548 g/mol. The van der Waals surface area contributed by atoms with Crippen LogP contribution in [0.5, 0.6) is 0 Å². The number of hydrogen-bond donors (Lipinski definition) is 2. The number of nitrogens with zero attached hydrogens (tertiary/aromatic N) is 2. The Balaban J connectivity index is 0.000000771. The molecule has 3 heterocycles. The summed E-state index contributed by atoms with van der Waals surface area (Å²) in [5.74, 6) is 0.828. The van der Waals surface area contributed by atoms with Crippen molar-refractivity contribution in [3.63, 3.8) is 0 Å². The number of alkyl halides is 3. The average Bonchev–Trinajstić information content (AvgIpc) is 2.86. The Hall–Kier alpha value is -2.29. The number of halogens is 3. The fourth-order valence-electron chi connectivity index (χ4n) is 5.05. The number of hydrogen-bond acceptors (Lipinski definition) is 5. The van der Waals surface area contributed by atoms with Crippen molar-refractivity contribution in [3.05, 3.63) is 63.7 Å². The van der Waals surface area contributed by atoms with Crippen LogP contribution in [0, 0.1) is 11.3 Å². The molecule has 2 aromatic rings. The first-order valence-corrected chi connectivity index (χ1v) is 13.9. The van der Waals surface area contributed by atoms with E-state index in [2.05, 4.69) is 39.6 Å². The molecule has 0 amide bonds. The van der Waals surface area contributed by atoms with E-state index in [1.165, 1.54) is 12.5 Å². The molecule has 216 valence electrons. The van der Waals surface area contributed by atoms with E-state index >= 15 is 0 Å². The van der Waals surface area contributed by atoms with Crippen molar-refractivity contribution in [2.75, 3.05) is 13.2 Å². The first kappa shape index (κ1) is 31.2. The van der Waals surface area contributed by atoms with Gasteiger partial charge in [-0.2, -0.15) is 13.2 Å². The Kier molecular flexibility index (Phi) is 10.00. The molecule has 8 heteroatoms. The molecular formula is C31H43F3N2O3. The van der Waals surface area contributed by atoms with Crippen molar-refractivity contribution in [1.82, 2.24) is 9.97 Å². The highest BCUT2D eigenvalue weighted by Gasteiger charge is 2.38. The molecule has 0 saturated heterocycles. The zero-order valence-corrected chi connectivity index (χ0v) is 24.2. The fourth-order valence-corrected chi connectivity index (χ4v) is 5.05. The lowest BCUT2D eigenvalue weighted by Gasteiger charge is -2.38. The van der Waals surface area contributed by atoms with Gasteiger partial charge < -0.3 is 14.9 Å². The van der Waals surface area contributed by atoms with Crippen LogP contribution >= 0.6 is 0 Å². The predicted molar refractivity (Wildman–Crippen MR) is 147 cm³/mol. The van der Waals surface area contributed by atoms with Gasteiger partial charge in [0.05, 0.1) is 19.3 Å². The van der Waals surface area contributed by atoms with Crippen LogP contribution in [0.4, 0.5) is 13.2 Å². The summed E-state index contributed by atoms with van der Waals surface area (Å²) in [5.41, 5.74) is 3.55. The van der Waals surface area contributed by atoms with Crippen LogP contribution < -0.4 is 0 Å². The molecule has 0 radical (unpaired) electrons. The minimum atomic E-state index is -4.56. The summed E-state index contributed by atoms with van der Waals surface area (Å²) in [6, 6.07) is 2.13. The van der Waals surface area contributed by atoms with Gasteiger partial charge in [-0.25, -0.2) is 0 Å². The number of pyridine rings is 2. The predicted octanol–water partition coefficient (Wildman–Crippen LogP) is 7.56. The van der Waals surface area contributed by atoms with Crippen molar-refractivity contribution < 1.29 is 28.1 Å². The molecule has 0 bridgehead atoms. The molecule has 0 saturated carbocycles. The highest BCUT2D eigenvalue weighted by molar-refractivity contribution is 5.74. The zero-order valence-electron chi connectivity index (χ0n) is 24.2. The lowest BCUT2D eigenvalue weighted by molar-refractivity contribution is -0.141. The molecule has 2 N–H and O–H groups in total. The van der Waals surface area contributed by atoms with Gasteiger partial charge >= 0.3 is 6.18 Å². The minimum Gasteiger partial charge on any atom is -0.388 e. The van der Waals surface area contributed by atoms with Crippen molar-refractivity contribution in [3.8, 4) is 0 Å². The maximum atomic E-state index is 13.0. The highest BCUT2D eigenvalue weighted by Crippen LogP contribution is 2.47. The molecule has 1 aliphatic heterocycles. The van der Waals surface area contributed by atoms with Crippen LogP contribution in [-0.2, 0) is 17.3 Å². The van der Waals surface area contributed by atoms with E-state index in [1.807, 2.05) is 19.9 Å². The number of ether oxygens (including phenoxy) is 1. The van der Waals surface area contributed by atoms with Crippen molar-refractivity contribution in [2.45, 2.75) is 98.5 Å². The van der Waals surface area contributed by atoms with Crippen LogP contribution in [0.25, 0.3) is 5.57 Å². The molecule has 0 spiro atoms. The van der Waals surface area contributed by atoms with E-state index in [-0.39, 0.29) is 16.9 Å². The van der Waals surface area contributed by atoms with Gasteiger partial charge in [-0.3, -0.25) is 9.97 Å². The van der Waals surface area contributed by atoms with Gasteiger partial charge in [-0.1, -0.05) is 67.0 Å². The number of aromatic nitrogens is 2. The largest absolute Gasteiger partial charge is 0.433 e. The van der Waals surface area contributed by atoms with Gasteiger partial charge in [0.1, 0.15) is 11.8 Å². The first-order chi connectivity index (χ1) is 18.2. The molecule has 0 fully saturated rings. The summed E-state index contributed by atoms with van der Waals surface area (Å²) in [6.45, 7) is 15.7. The average molecular weight is 549 g/mol. The molecule has 2 unspecified atom stereocenters. The summed E-state index contributed by atoms with van der Waals surface area (Å²) in [5, 5.41) is 22.7. The van der Waals surface area contributed by atoms with Gasteiger partial charge in [0.15, 0.2) is 0 Å². The standard InChI is InChI=1S/C26H31F3N2O3.C5H12/c1-14(2)23-22(24(33)16-5-6-19(30-13-16)26(27,28)29)20(15-7-9-34-10-8-15)21-17(31-23)11-25(3,4)12-18(21)32;1-4-5(2)3/h5-7,13-14,18,24,32-33H,8-12H2,1-4H3;5H,4H2,1-3H3. The van der Waals surface area contributed by atoms with Gasteiger partial charge in [0.25, 0.3) is 0 Å². The molecule has 1 aliphatic carbocycles. The van der Waals surface area contributed by atoms with Crippen molar-refractivity contribution in [1.29, 1.82) is 0 Å². The van der Waals surface area contributed by atoms with E-state index in [0.717, 1.165) is 35.0 Å². The topological polar surface area (TPSA) is 75.5 Å². The molecule has 2 aliphatic rings. The third-order valence-electron chi connectivity index (χ3n) is 7.42. The Morgan fingerprint density at radius 3 is 2.31 bits per heavy atom. The van der Waals surface area contributed by atoms with E-state index in [9.17, 15) is 23.4 Å². The third-order valence-corrected chi connectivity index (χ3v) is 7.42. The highest BCUT2D eigenvalue weighted by atomic mass is 19.4. The maximum absolute atomic E-state index is 13.0. The molecule has 5 nitrogen and oxygen atoms in total. The van der Waals surface area contributed by atoms with E-state index in [1.54, 1.807) is 0 Å². The zero-order chi connectivity index (χ0) is 29.1. The van der Waals surface area contributed by atoms with Crippen molar-refractivity contribution >= 4 is 5.57 Å². The van der Waals surface area contributed by atoms with Gasteiger partial charge in [0, 0.05) is 34.3 Å². The molecular weight excluding hydrogens is 505 g/mol.